The molecular weight excluding hydrogens is 398 g/mol. The van der Waals surface area contributed by atoms with Crippen molar-refractivity contribution in [1.29, 1.82) is 0 Å². The van der Waals surface area contributed by atoms with E-state index in [1.807, 2.05) is 18.2 Å². The Morgan fingerprint density at radius 1 is 1.10 bits per heavy atom. The highest BCUT2D eigenvalue weighted by Gasteiger charge is 2.26. The molecule has 164 valence electrons. The summed E-state index contributed by atoms with van der Waals surface area (Å²) < 4.78 is 10.3. The van der Waals surface area contributed by atoms with E-state index in [-0.39, 0.29) is 17.7 Å². The molecule has 0 atom stereocenters. The van der Waals surface area contributed by atoms with Crippen LogP contribution in [0.5, 0.6) is 0 Å². The number of esters is 2. The third-order valence-electron chi connectivity index (χ3n) is 5.08. The highest BCUT2D eigenvalue weighted by atomic mass is 16.6. The highest BCUT2D eigenvalue weighted by Crippen LogP contribution is 2.40. The minimum Gasteiger partial charge on any atom is -0.465 e. The second kappa shape index (κ2) is 8.88. The van der Waals surface area contributed by atoms with E-state index in [4.69, 9.17) is 9.47 Å². The predicted octanol–water partition coefficient (Wildman–Crippen LogP) is 4.73. The SMILES string of the molecule is COC(=O)c1cc(C2CC2)ccc1Cc1ccc([N+](=O)[O-])c(CC(=O)OC(C)(C)C)c1. The van der Waals surface area contributed by atoms with Gasteiger partial charge in [0.1, 0.15) is 5.60 Å². The lowest BCUT2D eigenvalue weighted by Gasteiger charge is -2.19. The second-order valence-electron chi connectivity index (χ2n) is 8.84. The molecule has 0 bridgehead atoms. The van der Waals surface area contributed by atoms with Crippen LogP contribution in [0.2, 0.25) is 0 Å². The summed E-state index contributed by atoms with van der Waals surface area (Å²) in [5.41, 5.74) is 2.62. The van der Waals surface area contributed by atoms with Crippen molar-refractivity contribution in [3.05, 3.63) is 74.3 Å². The van der Waals surface area contributed by atoms with Crippen LogP contribution >= 0.6 is 0 Å². The van der Waals surface area contributed by atoms with Crippen LogP contribution in [0.25, 0.3) is 0 Å². The fourth-order valence-corrected chi connectivity index (χ4v) is 3.54. The van der Waals surface area contributed by atoms with Gasteiger partial charge in [-0.2, -0.15) is 0 Å². The van der Waals surface area contributed by atoms with Gasteiger partial charge in [0.25, 0.3) is 5.69 Å². The lowest BCUT2D eigenvalue weighted by atomic mass is 9.95. The average molecular weight is 425 g/mol. The fraction of sp³-hybridized carbons (Fsp3) is 0.417. The minimum atomic E-state index is -0.678. The second-order valence-corrected chi connectivity index (χ2v) is 8.84. The van der Waals surface area contributed by atoms with Crippen LogP contribution in [0.1, 0.15) is 72.1 Å². The van der Waals surface area contributed by atoms with E-state index in [0.29, 0.717) is 17.9 Å². The number of carbonyl (C=O) groups is 2. The molecule has 0 N–H and O–H groups in total. The molecule has 0 spiro atoms. The van der Waals surface area contributed by atoms with Gasteiger partial charge < -0.3 is 9.47 Å². The maximum Gasteiger partial charge on any atom is 0.338 e. The van der Waals surface area contributed by atoms with Gasteiger partial charge in [0.2, 0.25) is 0 Å². The van der Waals surface area contributed by atoms with Crippen LogP contribution < -0.4 is 0 Å². The topological polar surface area (TPSA) is 95.7 Å². The van der Waals surface area contributed by atoms with Gasteiger partial charge in [0, 0.05) is 11.6 Å². The Balaban J connectivity index is 1.90. The quantitative estimate of drug-likeness (QED) is 0.361. The number of nitro groups is 1. The molecule has 1 aliphatic rings. The van der Waals surface area contributed by atoms with Crippen molar-refractivity contribution in [3.63, 3.8) is 0 Å². The van der Waals surface area contributed by atoms with Gasteiger partial charge in [0.05, 0.1) is 24.0 Å². The first-order valence-corrected chi connectivity index (χ1v) is 10.3. The van der Waals surface area contributed by atoms with Crippen molar-refractivity contribution >= 4 is 17.6 Å². The van der Waals surface area contributed by atoms with Crippen molar-refractivity contribution in [1.82, 2.24) is 0 Å². The lowest BCUT2D eigenvalue weighted by molar-refractivity contribution is -0.385. The molecule has 7 heteroatoms. The van der Waals surface area contributed by atoms with Gasteiger partial charge in [-0.05, 0) is 74.8 Å². The molecule has 0 saturated heterocycles. The zero-order chi connectivity index (χ0) is 22.8. The molecular formula is C24H27NO6. The van der Waals surface area contributed by atoms with Gasteiger partial charge in [0.15, 0.2) is 0 Å². The third-order valence-corrected chi connectivity index (χ3v) is 5.08. The van der Waals surface area contributed by atoms with E-state index in [1.54, 1.807) is 32.9 Å². The summed E-state index contributed by atoms with van der Waals surface area (Å²) in [7, 11) is 1.35. The summed E-state index contributed by atoms with van der Waals surface area (Å²) in [6.45, 7) is 5.24. The molecule has 2 aromatic carbocycles. The van der Waals surface area contributed by atoms with E-state index >= 15 is 0 Å². The number of benzene rings is 2. The Kier molecular flexibility index (Phi) is 6.43. The summed E-state index contributed by atoms with van der Waals surface area (Å²) in [4.78, 5) is 35.5. The third kappa shape index (κ3) is 5.90. The van der Waals surface area contributed by atoms with Gasteiger partial charge in [-0.1, -0.05) is 18.2 Å². The van der Waals surface area contributed by atoms with E-state index in [1.165, 1.54) is 13.2 Å². The summed E-state index contributed by atoms with van der Waals surface area (Å²) in [6.07, 6.45) is 2.42. The fourth-order valence-electron chi connectivity index (χ4n) is 3.54. The van der Waals surface area contributed by atoms with Crippen molar-refractivity contribution < 1.29 is 24.0 Å². The van der Waals surface area contributed by atoms with E-state index in [0.717, 1.165) is 29.5 Å². The van der Waals surface area contributed by atoms with Crippen molar-refractivity contribution in [2.45, 2.75) is 58.0 Å². The lowest BCUT2D eigenvalue weighted by Crippen LogP contribution is -2.25. The first-order valence-electron chi connectivity index (χ1n) is 10.3. The van der Waals surface area contributed by atoms with E-state index < -0.39 is 22.5 Å². The Morgan fingerprint density at radius 2 is 1.81 bits per heavy atom. The Labute approximate surface area is 181 Å². The van der Waals surface area contributed by atoms with Crippen LogP contribution in [0.15, 0.2) is 36.4 Å². The summed E-state index contributed by atoms with van der Waals surface area (Å²) in [6, 6.07) is 10.5. The van der Waals surface area contributed by atoms with Gasteiger partial charge in [-0.25, -0.2) is 4.79 Å². The minimum absolute atomic E-state index is 0.133. The molecule has 0 radical (unpaired) electrons. The Bertz CT molecular complexity index is 1020. The molecule has 31 heavy (non-hydrogen) atoms. The molecule has 0 aromatic heterocycles. The Morgan fingerprint density at radius 3 is 2.39 bits per heavy atom. The molecule has 2 aromatic rings. The van der Waals surface area contributed by atoms with Crippen LogP contribution in [0.3, 0.4) is 0 Å². The van der Waals surface area contributed by atoms with Crippen LogP contribution in [-0.4, -0.2) is 29.6 Å². The number of ether oxygens (including phenoxy) is 2. The molecule has 1 saturated carbocycles. The Hall–Kier alpha value is -3.22. The van der Waals surface area contributed by atoms with Crippen molar-refractivity contribution in [2.75, 3.05) is 7.11 Å². The van der Waals surface area contributed by atoms with Crippen LogP contribution in [0.4, 0.5) is 5.69 Å². The molecule has 0 amide bonds. The molecule has 3 rings (SSSR count). The maximum atomic E-state index is 12.3. The largest absolute Gasteiger partial charge is 0.465 e. The molecule has 0 heterocycles. The molecule has 1 aliphatic carbocycles. The number of carbonyl (C=O) groups excluding carboxylic acids is 2. The number of hydrogen-bond donors (Lipinski definition) is 0. The average Bonchev–Trinajstić information content (AvgIpc) is 3.51. The summed E-state index contributed by atoms with van der Waals surface area (Å²) in [5, 5.41) is 11.4. The number of methoxy groups -OCH3 is 1. The predicted molar refractivity (Wildman–Crippen MR) is 115 cm³/mol. The van der Waals surface area contributed by atoms with Crippen molar-refractivity contribution in [2.24, 2.45) is 0 Å². The number of nitro benzene ring substituents is 1. The smallest absolute Gasteiger partial charge is 0.338 e. The van der Waals surface area contributed by atoms with E-state index in [9.17, 15) is 19.7 Å². The molecule has 1 fully saturated rings. The van der Waals surface area contributed by atoms with Crippen molar-refractivity contribution in [3.8, 4) is 0 Å². The molecule has 0 aliphatic heterocycles. The van der Waals surface area contributed by atoms with Gasteiger partial charge >= 0.3 is 11.9 Å². The van der Waals surface area contributed by atoms with Gasteiger partial charge in [-0.15, -0.1) is 0 Å². The maximum absolute atomic E-state index is 12.3. The normalized spacial score (nSPS) is 13.5. The molecule has 0 unspecified atom stereocenters. The monoisotopic (exact) mass is 425 g/mol. The number of rotatable bonds is 7. The zero-order valence-corrected chi connectivity index (χ0v) is 18.3. The first kappa shape index (κ1) is 22.5. The first-order chi connectivity index (χ1) is 14.6. The van der Waals surface area contributed by atoms with E-state index in [2.05, 4.69) is 0 Å². The van der Waals surface area contributed by atoms with Crippen LogP contribution in [-0.2, 0) is 27.1 Å². The summed E-state index contributed by atoms with van der Waals surface area (Å²) in [5.74, 6) is -0.442. The zero-order valence-electron chi connectivity index (χ0n) is 18.3. The summed E-state index contributed by atoms with van der Waals surface area (Å²) >= 11 is 0. The molecule has 7 nitrogen and oxygen atoms in total. The standard InChI is InChI=1S/C24H27NO6/c1-24(2,3)31-22(26)14-19-12-15(5-10-21(19)25(28)29)11-18-9-8-17(16-6-7-16)13-20(18)23(27)30-4/h5,8-10,12-13,16H,6-7,11,14H2,1-4H3. The number of nitrogens with zero attached hydrogens (tertiary/aromatic N) is 1. The van der Waals surface area contributed by atoms with Gasteiger partial charge in [-0.3, -0.25) is 14.9 Å². The highest BCUT2D eigenvalue weighted by molar-refractivity contribution is 5.91. The van der Waals surface area contributed by atoms with Crippen LogP contribution in [0, 0.1) is 10.1 Å². The number of hydrogen-bond acceptors (Lipinski definition) is 6.